The molecular weight excluding hydrogens is 621 g/mol. The highest BCUT2D eigenvalue weighted by atomic mass is 28.4. The molecule has 0 heterocycles. The van der Waals surface area contributed by atoms with Gasteiger partial charge in [-0.25, -0.2) is 0 Å². The summed E-state index contributed by atoms with van der Waals surface area (Å²) in [5, 5.41) is 16.7. The van der Waals surface area contributed by atoms with Gasteiger partial charge in [-0.3, -0.25) is 0 Å². The maximum atomic E-state index is 6.93. The Morgan fingerprint density at radius 2 is 0.667 bits per heavy atom. The molecule has 6 heteroatoms. The molecule has 0 aliphatic carbocycles. The standard InChI is InChI=1S/C42H40N2O2Si2/c1-3-36(44-46-48(40-28-16-7-17-29-40,41-30-18-8-19-31-41)42-32-20-9-21-33-42)34-35(2)43-45-47(37-22-10-4-11-23-37,38-24-12-5-13-25-38)39-26-14-6-15-27-39/h4-33H,3,34H2,1-2H3/b43-35+,44-36+. The SMILES string of the molecule is CC/C(C/C(C)=N/O[Si](c1ccccc1)(c1ccccc1)c1ccccc1)=N\O[Si](c1ccccc1)(c1ccccc1)c1ccccc1. The average Bonchev–Trinajstić information content (AvgIpc) is 3.17. The predicted molar refractivity (Wildman–Crippen MR) is 206 cm³/mol. The Morgan fingerprint density at radius 3 is 0.917 bits per heavy atom. The lowest BCUT2D eigenvalue weighted by molar-refractivity contribution is 0.344. The number of benzene rings is 6. The number of nitrogens with zero attached hydrogens (tertiary/aromatic N) is 2. The molecule has 0 fully saturated rings. The van der Waals surface area contributed by atoms with Crippen molar-refractivity contribution in [3.63, 3.8) is 0 Å². The minimum absolute atomic E-state index is 0.530. The van der Waals surface area contributed by atoms with Crippen LogP contribution in [0.1, 0.15) is 26.7 Å². The fourth-order valence-electron chi connectivity index (χ4n) is 6.18. The Balaban J connectivity index is 1.38. The van der Waals surface area contributed by atoms with E-state index in [0.29, 0.717) is 12.8 Å². The lowest BCUT2D eigenvalue weighted by Crippen LogP contribution is -2.68. The average molecular weight is 661 g/mol. The first-order valence-electron chi connectivity index (χ1n) is 16.5. The van der Waals surface area contributed by atoms with E-state index in [1.807, 2.05) is 43.3 Å². The van der Waals surface area contributed by atoms with Crippen molar-refractivity contribution in [1.82, 2.24) is 0 Å². The monoisotopic (exact) mass is 660 g/mol. The summed E-state index contributed by atoms with van der Waals surface area (Å²) < 4.78 is 13.8. The maximum Gasteiger partial charge on any atom is 0.380 e. The first-order valence-corrected chi connectivity index (χ1v) is 20.3. The molecule has 0 saturated carbocycles. The van der Waals surface area contributed by atoms with Crippen LogP contribution in [-0.2, 0) is 9.05 Å². The van der Waals surface area contributed by atoms with Gasteiger partial charge in [0, 0.05) is 6.42 Å². The zero-order valence-electron chi connectivity index (χ0n) is 27.4. The molecule has 6 rings (SSSR count). The fourth-order valence-corrected chi connectivity index (χ4v) is 13.3. The zero-order valence-corrected chi connectivity index (χ0v) is 29.4. The van der Waals surface area contributed by atoms with Crippen LogP contribution >= 0.6 is 0 Å². The second-order valence-corrected chi connectivity index (χ2v) is 18.3. The van der Waals surface area contributed by atoms with Crippen molar-refractivity contribution in [2.75, 3.05) is 0 Å². The Hall–Kier alpha value is -5.31. The van der Waals surface area contributed by atoms with E-state index in [0.717, 1.165) is 42.5 Å². The van der Waals surface area contributed by atoms with Gasteiger partial charge in [0.15, 0.2) is 0 Å². The summed E-state index contributed by atoms with van der Waals surface area (Å²) in [5.74, 6) is 0. The minimum atomic E-state index is -2.99. The van der Waals surface area contributed by atoms with Crippen molar-refractivity contribution in [2.24, 2.45) is 10.3 Å². The number of oxime groups is 2. The van der Waals surface area contributed by atoms with Gasteiger partial charge in [0.25, 0.3) is 0 Å². The molecule has 0 aliphatic heterocycles. The van der Waals surface area contributed by atoms with Crippen molar-refractivity contribution in [2.45, 2.75) is 26.7 Å². The fraction of sp³-hybridized carbons (Fsp3) is 0.0952. The molecule has 0 saturated heterocycles. The second-order valence-electron chi connectivity index (χ2n) is 11.8. The molecule has 0 aromatic heterocycles. The van der Waals surface area contributed by atoms with Crippen LogP contribution in [0.2, 0.25) is 0 Å². The third-order valence-corrected chi connectivity index (χ3v) is 16.2. The van der Waals surface area contributed by atoms with Gasteiger partial charge in [0.2, 0.25) is 0 Å². The van der Waals surface area contributed by atoms with Crippen LogP contribution < -0.4 is 31.1 Å². The van der Waals surface area contributed by atoms with Gasteiger partial charge in [-0.2, -0.15) is 0 Å². The highest BCUT2D eigenvalue weighted by molar-refractivity contribution is 7.07. The largest absolute Gasteiger partial charge is 0.438 e. The smallest absolute Gasteiger partial charge is 0.380 e. The molecule has 0 bridgehead atoms. The quantitative estimate of drug-likeness (QED) is 0.0672. The highest BCUT2D eigenvalue weighted by Crippen LogP contribution is 2.14. The van der Waals surface area contributed by atoms with Crippen molar-refractivity contribution >= 4 is 59.2 Å². The Kier molecular flexibility index (Phi) is 10.6. The normalized spacial score (nSPS) is 12.4. The third-order valence-electron chi connectivity index (χ3n) is 8.60. The lowest BCUT2D eigenvalue weighted by Gasteiger charge is -2.31. The third kappa shape index (κ3) is 6.86. The summed E-state index contributed by atoms with van der Waals surface area (Å²) in [6, 6.07) is 63.1. The zero-order chi connectivity index (χ0) is 33.1. The summed E-state index contributed by atoms with van der Waals surface area (Å²) in [4.78, 5) is 0. The predicted octanol–water partition coefficient (Wildman–Crippen LogP) is 5.89. The van der Waals surface area contributed by atoms with Crippen molar-refractivity contribution < 1.29 is 9.05 Å². The van der Waals surface area contributed by atoms with Gasteiger partial charge in [0.05, 0.1) is 11.4 Å². The van der Waals surface area contributed by atoms with E-state index in [-0.39, 0.29) is 0 Å². The molecular formula is C42H40N2O2Si2. The maximum absolute atomic E-state index is 6.93. The molecule has 48 heavy (non-hydrogen) atoms. The Bertz CT molecular complexity index is 1730. The molecule has 238 valence electrons. The van der Waals surface area contributed by atoms with Crippen LogP contribution in [0.5, 0.6) is 0 Å². The van der Waals surface area contributed by atoms with E-state index in [1.165, 1.54) is 0 Å². The van der Waals surface area contributed by atoms with E-state index < -0.39 is 16.6 Å². The van der Waals surface area contributed by atoms with Crippen molar-refractivity contribution in [3.05, 3.63) is 182 Å². The van der Waals surface area contributed by atoms with E-state index in [9.17, 15) is 0 Å². The van der Waals surface area contributed by atoms with Gasteiger partial charge < -0.3 is 9.05 Å². The van der Waals surface area contributed by atoms with Crippen molar-refractivity contribution in [1.29, 1.82) is 0 Å². The molecule has 0 N–H and O–H groups in total. The van der Waals surface area contributed by atoms with E-state index in [4.69, 9.17) is 19.4 Å². The Labute approximate surface area is 286 Å². The molecule has 6 aromatic rings. The van der Waals surface area contributed by atoms with Gasteiger partial charge >= 0.3 is 16.6 Å². The van der Waals surface area contributed by atoms with Gasteiger partial charge in [-0.1, -0.05) is 189 Å². The van der Waals surface area contributed by atoms with Crippen LogP contribution in [-0.4, -0.2) is 28.1 Å². The number of hydrogen-bond acceptors (Lipinski definition) is 4. The van der Waals surface area contributed by atoms with Gasteiger partial charge in [-0.05, 0) is 44.5 Å². The van der Waals surface area contributed by atoms with Crippen LogP contribution in [0.3, 0.4) is 0 Å². The second kappa shape index (κ2) is 15.5. The summed E-state index contributed by atoms with van der Waals surface area (Å²) in [7, 11) is -5.97. The van der Waals surface area contributed by atoms with E-state index in [2.05, 4.69) is 153 Å². The van der Waals surface area contributed by atoms with Crippen LogP contribution in [0.15, 0.2) is 192 Å². The van der Waals surface area contributed by atoms with Crippen LogP contribution in [0.4, 0.5) is 0 Å². The van der Waals surface area contributed by atoms with Gasteiger partial charge in [-0.15, -0.1) is 10.3 Å². The first kappa shape index (κ1) is 32.6. The summed E-state index contributed by atoms with van der Waals surface area (Å²) in [6.45, 7) is 4.13. The Morgan fingerprint density at radius 1 is 0.417 bits per heavy atom. The topological polar surface area (TPSA) is 43.2 Å². The van der Waals surface area contributed by atoms with E-state index in [1.54, 1.807) is 0 Å². The highest BCUT2D eigenvalue weighted by Gasteiger charge is 2.46. The molecule has 0 aliphatic rings. The summed E-state index contributed by atoms with van der Waals surface area (Å²) in [6.07, 6.45) is 1.25. The van der Waals surface area contributed by atoms with Crippen LogP contribution in [0.25, 0.3) is 0 Å². The molecule has 0 radical (unpaired) electrons. The van der Waals surface area contributed by atoms with Crippen molar-refractivity contribution in [3.8, 4) is 0 Å². The minimum Gasteiger partial charge on any atom is -0.438 e. The molecule has 0 unspecified atom stereocenters. The molecule has 0 atom stereocenters. The molecule has 0 spiro atoms. The van der Waals surface area contributed by atoms with E-state index >= 15 is 0 Å². The van der Waals surface area contributed by atoms with Gasteiger partial charge in [0.1, 0.15) is 0 Å². The summed E-state index contributed by atoms with van der Waals surface area (Å²) >= 11 is 0. The van der Waals surface area contributed by atoms with Crippen LogP contribution in [0, 0.1) is 0 Å². The first-order chi connectivity index (χ1) is 23.7. The lowest BCUT2D eigenvalue weighted by atomic mass is 10.1. The molecule has 6 aromatic carbocycles. The molecule has 0 amide bonds. The number of rotatable bonds is 13. The molecule has 4 nitrogen and oxygen atoms in total. The number of hydrogen-bond donors (Lipinski definition) is 0. The summed E-state index contributed by atoms with van der Waals surface area (Å²) in [5.41, 5.74) is 1.75.